The summed E-state index contributed by atoms with van der Waals surface area (Å²) in [6, 6.07) is 7.70. The fraction of sp³-hybridized carbons (Fsp3) is 0.694. The summed E-state index contributed by atoms with van der Waals surface area (Å²) in [5.41, 5.74) is 1.97. The van der Waals surface area contributed by atoms with E-state index in [1.165, 1.54) is 108 Å². The van der Waals surface area contributed by atoms with Crippen molar-refractivity contribution in [1.29, 1.82) is 0 Å². The summed E-state index contributed by atoms with van der Waals surface area (Å²) in [6.07, 6.45) is 30.6. The molecule has 1 aliphatic rings. The van der Waals surface area contributed by atoms with Crippen LogP contribution in [0.15, 0.2) is 36.7 Å². The molecule has 40 heavy (non-hydrogen) atoms. The number of hydrogen-bond donors (Lipinski definition) is 0. The van der Waals surface area contributed by atoms with Gasteiger partial charge in [-0.3, -0.25) is 4.79 Å². The van der Waals surface area contributed by atoms with Gasteiger partial charge in [0.15, 0.2) is 5.82 Å². The topological polar surface area (TPSA) is 52.1 Å². The highest BCUT2D eigenvalue weighted by Gasteiger charge is 2.28. The normalized spacial score (nSPS) is 17.1. The van der Waals surface area contributed by atoms with Crippen LogP contribution in [-0.4, -0.2) is 15.9 Å². The summed E-state index contributed by atoms with van der Waals surface area (Å²) < 4.78 is 5.95. The van der Waals surface area contributed by atoms with E-state index in [2.05, 4.69) is 23.8 Å². The number of rotatable bonds is 20. The Balaban J connectivity index is 1.38. The molecule has 0 saturated heterocycles. The van der Waals surface area contributed by atoms with E-state index in [1.54, 1.807) is 0 Å². The Hall–Kier alpha value is -2.23. The lowest BCUT2D eigenvalue weighted by Gasteiger charge is -2.27. The van der Waals surface area contributed by atoms with Crippen LogP contribution in [0.25, 0.3) is 11.4 Å². The molecule has 3 rings (SSSR count). The second kappa shape index (κ2) is 19.8. The molecule has 1 aliphatic carbocycles. The molecule has 222 valence electrons. The molecule has 1 fully saturated rings. The molecule has 0 radical (unpaired) electrons. The Bertz CT molecular complexity index is 934. The van der Waals surface area contributed by atoms with Gasteiger partial charge in [-0.1, -0.05) is 122 Å². The maximum absolute atomic E-state index is 13.1. The predicted octanol–water partition coefficient (Wildman–Crippen LogP) is 10.7. The molecule has 0 unspecified atom stereocenters. The summed E-state index contributed by atoms with van der Waals surface area (Å²) in [6.45, 7) is 4.54. The van der Waals surface area contributed by atoms with Crippen LogP contribution in [0.3, 0.4) is 0 Å². The molecule has 4 heteroatoms. The lowest BCUT2D eigenvalue weighted by molar-refractivity contribution is -0.140. The zero-order valence-electron chi connectivity index (χ0n) is 25.7. The van der Waals surface area contributed by atoms with Crippen LogP contribution in [0.2, 0.25) is 0 Å². The smallest absolute Gasteiger partial charge is 0.314 e. The van der Waals surface area contributed by atoms with Crippen molar-refractivity contribution in [2.24, 2.45) is 11.8 Å². The first-order valence-electron chi connectivity index (χ1n) is 16.8. The maximum Gasteiger partial charge on any atom is 0.314 e. The third kappa shape index (κ3) is 12.1. The van der Waals surface area contributed by atoms with Crippen molar-refractivity contribution in [3.63, 3.8) is 0 Å². The number of carbonyl (C=O) groups is 1. The number of benzene rings is 1. The number of para-hydroxylation sites is 1. The van der Waals surface area contributed by atoms with Gasteiger partial charge in [0.05, 0.1) is 11.5 Å². The van der Waals surface area contributed by atoms with Crippen LogP contribution in [0.5, 0.6) is 5.75 Å². The molecule has 1 saturated carbocycles. The van der Waals surface area contributed by atoms with Gasteiger partial charge in [-0.25, -0.2) is 9.97 Å². The number of aryl methyl sites for hydroxylation is 1. The van der Waals surface area contributed by atoms with Gasteiger partial charge >= 0.3 is 5.97 Å². The molecular weight excluding hydrogens is 492 g/mol. The quantitative estimate of drug-likeness (QED) is 0.0938. The molecular formula is C36H56N2O2. The second-order valence-corrected chi connectivity index (χ2v) is 12.2. The van der Waals surface area contributed by atoms with E-state index < -0.39 is 0 Å². The molecule has 1 aromatic carbocycles. The summed E-state index contributed by atoms with van der Waals surface area (Å²) in [5, 5.41) is 0. The van der Waals surface area contributed by atoms with E-state index >= 15 is 0 Å². The highest BCUT2D eigenvalue weighted by Crippen LogP contribution is 2.34. The molecule has 0 N–H and O–H groups in total. The first-order valence-corrected chi connectivity index (χ1v) is 16.8. The molecule has 1 heterocycles. The number of aromatic nitrogens is 2. The number of hydrogen-bond acceptors (Lipinski definition) is 4. The van der Waals surface area contributed by atoms with E-state index in [0.29, 0.717) is 11.6 Å². The van der Waals surface area contributed by atoms with Crippen LogP contribution < -0.4 is 4.74 Å². The lowest BCUT2D eigenvalue weighted by atomic mass is 9.80. The van der Waals surface area contributed by atoms with Crippen molar-refractivity contribution in [2.45, 2.75) is 149 Å². The van der Waals surface area contributed by atoms with E-state index in [4.69, 9.17) is 4.74 Å². The monoisotopic (exact) mass is 548 g/mol. The van der Waals surface area contributed by atoms with Crippen molar-refractivity contribution in [1.82, 2.24) is 9.97 Å². The van der Waals surface area contributed by atoms with Gasteiger partial charge < -0.3 is 4.74 Å². The van der Waals surface area contributed by atoms with Gasteiger partial charge in [-0.05, 0) is 62.1 Å². The third-order valence-electron chi connectivity index (χ3n) is 8.76. The van der Waals surface area contributed by atoms with Crippen molar-refractivity contribution >= 4 is 5.97 Å². The second-order valence-electron chi connectivity index (χ2n) is 12.2. The minimum Gasteiger partial charge on any atom is -0.426 e. The average Bonchev–Trinajstić information content (AvgIpc) is 2.99. The Morgan fingerprint density at radius 3 is 1.90 bits per heavy atom. The molecule has 0 bridgehead atoms. The highest BCUT2D eigenvalue weighted by molar-refractivity contribution is 5.78. The minimum absolute atomic E-state index is 0.00810. The largest absolute Gasteiger partial charge is 0.426 e. The molecule has 1 aromatic heterocycles. The zero-order chi connectivity index (χ0) is 28.3. The SMILES string of the molecule is CCCCCCCCCCCCc1cnc(-c2ccccc2OC(=O)C2CCC(CCCCCCC)CC2)nc1. The molecule has 4 nitrogen and oxygen atoms in total. The third-order valence-corrected chi connectivity index (χ3v) is 8.76. The van der Waals surface area contributed by atoms with Gasteiger partial charge in [0, 0.05) is 12.4 Å². The lowest BCUT2D eigenvalue weighted by Crippen LogP contribution is -2.26. The fourth-order valence-electron chi connectivity index (χ4n) is 6.09. The zero-order valence-corrected chi connectivity index (χ0v) is 25.7. The summed E-state index contributed by atoms with van der Waals surface area (Å²) >= 11 is 0. The van der Waals surface area contributed by atoms with Gasteiger partial charge in [-0.15, -0.1) is 0 Å². The van der Waals surface area contributed by atoms with Crippen LogP contribution in [-0.2, 0) is 11.2 Å². The van der Waals surface area contributed by atoms with Gasteiger partial charge in [0.1, 0.15) is 5.75 Å². The van der Waals surface area contributed by atoms with Crippen molar-refractivity contribution < 1.29 is 9.53 Å². The fourth-order valence-corrected chi connectivity index (χ4v) is 6.09. The summed E-state index contributed by atoms with van der Waals surface area (Å²) in [7, 11) is 0. The molecule has 0 amide bonds. The van der Waals surface area contributed by atoms with Crippen molar-refractivity contribution in [3.8, 4) is 17.1 Å². The average molecular weight is 549 g/mol. The number of unbranched alkanes of at least 4 members (excludes halogenated alkanes) is 13. The Labute approximate surface area is 245 Å². The molecule has 0 spiro atoms. The van der Waals surface area contributed by atoms with E-state index in [0.717, 1.165) is 43.6 Å². The maximum atomic E-state index is 13.1. The summed E-state index contributed by atoms with van der Waals surface area (Å²) in [4.78, 5) is 22.3. The van der Waals surface area contributed by atoms with E-state index in [-0.39, 0.29) is 11.9 Å². The number of ether oxygens (including phenoxy) is 1. The van der Waals surface area contributed by atoms with Gasteiger partial charge in [0.2, 0.25) is 0 Å². The van der Waals surface area contributed by atoms with Gasteiger partial charge in [-0.2, -0.15) is 0 Å². The summed E-state index contributed by atoms with van der Waals surface area (Å²) in [5.74, 6) is 1.90. The molecule has 0 aliphatic heterocycles. The number of esters is 1. The van der Waals surface area contributed by atoms with Crippen LogP contribution in [0.1, 0.15) is 148 Å². The van der Waals surface area contributed by atoms with Crippen molar-refractivity contribution in [2.75, 3.05) is 0 Å². The van der Waals surface area contributed by atoms with E-state index in [9.17, 15) is 4.79 Å². The Kier molecular flexibility index (Phi) is 16.0. The molecule has 0 atom stereocenters. The first kappa shape index (κ1) is 32.3. The standard InChI is InChI=1S/C36H56N2O2/c1-3-5-7-9-10-11-12-13-15-17-21-31-28-37-35(38-29-31)33-22-18-19-23-34(33)40-36(39)32-26-24-30(25-27-32)20-16-14-8-6-4-2/h18-19,22-23,28-30,32H,3-17,20-21,24-27H2,1-2H3. The van der Waals surface area contributed by atoms with Crippen LogP contribution in [0.4, 0.5) is 0 Å². The van der Waals surface area contributed by atoms with E-state index in [1.807, 2.05) is 36.7 Å². The van der Waals surface area contributed by atoms with Crippen molar-refractivity contribution in [3.05, 3.63) is 42.2 Å². The number of carbonyl (C=O) groups excluding carboxylic acids is 1. The minimum atomic E-state index is -0.0913. The molecule has 2 aromatic rings. The number of nitrogens with zero attached hydrogens (tertiary/aromatic N) is 2. The Morgan fingerprint density at radius 2 is 1.27 bits per heavy atom. The Morgan fingerprint density at radius 1 is 0.725 bits per heavy atom. The predicted molar refractivity (Wildman–Crippen MR) is 167 cm³/mol. The van der Waals surface area contributed by atoms with Gasteiger partial charge in [0.25, 0.3) is 0 Å². The first-order chi connectivity index (χ1) is 19.7. The van der Waals surface area contributed by atoms with Crippen LogP contribution >= 0.6 is 0 Å². The van der Waals surface area contributed by atoms with Crippen LogP contribution in [0, 0.1) is 11.8 Å². The highest BCUT2D eigenvalue weighted by atomic mass is 16.5.